The van der Waals surface area contributed by atoms with E-state index in [1.807, 2.05) is 18.7 Å². The number of ether oxygens (including phenoxy) is 1. The monoisotopic (exact) mass is 389 g/mol. The summed E-state index contributed by atoms with van der Waals surface area (Å²) in [6.45, 7) is 7.47. The second kappa shape index (κ2) is 9.05. The van der Waals surface area contributed by atoms with Gasteiger partial charge in [0.05, 0.1) is 5.69 Å². The second-order valence-corrected chi connectivity index (χ2v) is 7.06. The molecule has 152 valence electrons. The minimum atomic E-state index is -0.291. The van der Waals surface area contributed by atoms with Crippen LogP contribution in [0.4, 0.5) is 0 Å². The third-order valence-electron chi connectivity index (χ3n) is 5.09. The second-order valence-electron chi connectivity index (χ2n) is 7.06. The number of rotatable bonds is 7. The summed E-state index contributed by atoms with van der Waals surface area (Å²) < 4.78 is 16.2. The van der Waals surface area contributed by atoms with E-state index >= 15 is 0 Å². The lowest BCUT2D eigenvalue weighted by molar-refractivity contribution is -0.132. The Bertz CT molecular complexity index is 800. The lowest BCUT2D eigenvalue weighted by Gasteiger charge is -2.33. The summed E-state index contributed by atoms with van der Waals surface area (Å²) in [5, 5.41) is 6.76. The van der Waals surface area contributed by atoms with Gasteiger partial charge in [0, 0.05) is 51.3 Å². The quantitative estimate of drug-likeness (QED) is 0.780. The van der Waals surface area contributed by atoms with Crippen molar-refractivity contribution in [2.45, 2.75) is 46.1 Å². The first-order valence-corrected chi connectivity index (χ1v) is 9.59. The fourth-order valence-corrected chi connectivity index (χ4v) is 3.49. The number of aryl methyl sites for hydroxylation is 2. The molecule has 2 aromatic heterocycles. The van der Waals surface area contributed by atoms with Gasteiger partial charge in [0.15, 0.2) is 5.76 Å². The summed E-state index contributed by atoms with van der Waals surface area (Å²) in [6.07, 6.45) is 2.18. The number of nitrogens with zero attached hydrogens (tertiary/aromatic N) is 2. The van der Waals surface area contributed by atoms with Crippen molar-refractivity contribution in [3.8, 4) is 0 Å². The van der Waals surface area contributed by atoms with Crippen LogP contribution in [-0.4, -0.2) is 54.2 Å². The fourth-order valence-electron chi connectivity index (χ4n) is 3.49. The summed E-state index contributed by atoms with van der Waals surface area (Å²) in [4.78, 5) is 26.1. The molecule has 1 N–H and O–H groups in total. The zero-order valence-electron chi connectivity index (χ0n) is 16.6. The van der Waals surface area contributed by atoms with Crippen LogP contribution in [0.3, 0.4) is 0 Å². The number of hydrogen-bond donors (Lipinski definition) is 1. The van der Waals surface area contributed by atoms with E-state index in [4.69, 9.17) is 13.7 Å². The predicted molar refractivity (Wildman–Crippen MR) is 101 cm³/mol. The van der Waals surface area contributed by atoms with E-state index in [0.717, 1.165) is 29.9 Å². The van der Waals surface area contributed by atoms with Crippen molar-refractivity contribution in [2.75, 3.05) is 26.3 Å². The maximum Gasteiger partial charge on any atom is 0.287 e. The van der Waals surface area contributed by atoms with Crippen LogP contribution in [0, 0.1) is 13.8 Å². The van der Waals surface area contributed by atoms with Crippen molar-refractivity contribution in [1.82, 2.24) is 15.4 Å². The summed E-state index contributed by atoms with van der Waals surface area (Å²) in [6, 6.07) is 3.61. The van der Waals surface area contributed by atoms with E-state index in [1.165, 1.54) is 0 Å². The highest BCUT2D eigenvalue weighted by atomic mass is 16.5. The van der Waals surface area contributed by atoms with Gasteiger partial charge >= 0.3 is 0 Å². The van der Waals surface area contributed by atoms with E-state index in [0.29, 0.717) is 38.5 Å². The SMILES string of the molecule is CC(=O)N(CCNC(=O)c1ccc(Cc2c(C)noc2C)o1)C1CCOCC1. The number of amides is 2. The van der Waals surface area contributed by atoms with Gasteiger partial charge in [-0.2, -0.15) is 0 Å². The molecule has 8 nitrogen and oxygen atoms in total. The van der Waals surface area contributed by atoms with Gasteiger partial charge in [-0.05, 0) is 38.8 Å². The molecule has 28 heavy (non-hydrogen) atoms. The van der Waals surface area contributed by atoms with E-state index in [1.54, 1.807) is 19.1 Å². The van der Waals surface area contributed by atoms with E-state index in [2.05, 4.69) is 10.5 Å². The molecule has 2 amide bonds. The molecule has 0 aliphatic carbocycles. The first kappa shape index (κ1) is 20.1. The van der Waals surface area contributed by atoms with Crippen LogP contribution in [0.15, 0.2) is 21.1 Å². The average Bonchev–Trinajstić information content (AvgIpc) is 3.28. The normalized spacial score (nSPS) is 14.8. The van der Waals surface area contributed by atoms with Gasteiger partial charge in [0.1, 0.15) is 11.5 Å². The molecule has 0 radical (unpaired) electrons. The van der Waals surface area contributed by atoms with E-state index in [-0.39, 0.29) is 23.6 Å². The minimum absolute atomic E-state index is 0.0147. The molecule has 0 unspecified atom stereocenters. The number of nitrogens with one attached hydrogen (secondary N) is 1. The minimum Gasteiger partial charge on any atom is -0.456 e. The molecule has 3 heterocycles. The van der Waals surface area contributed by atoms with Gasteiger partial charge in [-0.3, -0.25) is 9.59 Å². The third-order valence-corrected chi connectivity index (χ3v) is 5.09. The van der Waals surface area contributed by atoms with Crippen LogP contribution in [-0.2, 0) is 16.0 Å². The average molecular weight is 389 g/mol. The Morgan fingerprint density at radius 2 is 2.00 bits per heavy atom. The van der Waals surface area contributed by atoms with Crippen LogP contribution < -0.4 is 5.32 Å². The van der Waals surface area contributed by atoms with Crippen LogP contribution in [0.1, 0.15) is 53.1 Å². The lowest BCUT2D eigenvalue weighted by atomic mass is 10.1. The van der Waals surface area contributed by atoms with Crippen LogP contribution in [0.25, 0.3) is 0 Å². The number of carbonyl (C=O) groups excluding carboxylic acids is 2. The largest absolute Gasteiger partial charge is 0.456 e. The molecular formula is C20H27N3O5. The molecule has 0 atom stereocenters. The molecule has 2 aromatic rings. The topological polar surface area (TPSA) is 97.8 Å². The molecule has 1 saturated heterocycles. The Balaban J connectivity index is 1.52. The maximum absolute atomic E-state index is 12.4. The molecule has 0 bridgehead atoms. The van der Waals surface area contributed by atoms with Gasteiger partial charge in [-0.15, -0.1) is 0 Å². The van der Waals surface area contributed by atoms with Gasteiger partial charge in [0.2, 0.25) is 5.91 Å². The Morgan fingerprint density at radius 1 is 1.25 bits per heavy atom. The first-order chi connectivity index (χ1) is 13.5. The molecule has 0 spiro atoms. The van der Waals surface area contributed by atoms with Crippen molar-refractivity contribution in [1.29, 1.82) is 0 Å². The molecule has 0 saturated carbocycles. The third kappa shape index (κ3) is 4.81. The lowest BCUT2D eigenvalue weighted by Crippen LogP contribution is -2.46. The summed E-state index contributed by atoms with van der Waals surface area (Å²) in [7, 11) is 0. The highest BCUT2D eigenvalue weighted by Crippen LogP contribution is 2.19. The summed E-state index contributed by atoms with van der Waals surface area (Å²) in [5.74, 6) is 1.40. The predicted octanol–water partition coefficient (Wildman–Crippen LogP) is 2.23. The molecule has 8 heteroatoms. The van der Waals surface area contributed by atoms with Crippen molar-refractivity contribution in [2.24, 2.45) is 0 Å². The Labute approximate surface area is 164 Å². The molecule has 3 rings (SSSR count). The highest BCUT2D eigenvalue weighted by Gasteiger charge is 2.23. The van der Waals surface area contributed by atoms with Crippen molar-refractivity contribution in [3.63, 3.8) is 0 Å². The van der Waals surface area contributed by atoms with Crippen LogP contribution in [0.5, 0.6) is 0 Å². The maximum atomic E-state index is 12.4. The molecule has 1 aliphatic rings. The first-order valence-electron chi connectivity index (χ1n) is 9.59. The molecule has 0 aromatic carbocycles. The van der Waals surface area contributed by atoms with Gasteiger partial charge in [-0.1, -0.05) is 5.16 Å². The van der Waals surface area contributed by atoms with Gasteiger partial charge in [-0.25, -0.2) is 0 Å². The fraction of sp³-hybridized carbons (Fsp3) is 0.550. The number of hydrogen-bond acceptors (Lipinski definition) is 6. The zero-order valence-corrected chi connectivity index (χ0v) is 16.6. The van der Waals surface area contributed by atoms with Crippen molar-refractivity contribution < 1.29 is 23.3 Å². The van der Waals surface area contributed by atoms with Crippen molar-refractivity contribution in [3.05, 3.63) is 40.7 Å². The number of furan rings is 1. The smallest absolute Gasteiger partial charge is 0.287 e. The Hall–Kier alpha value is -2.61. The number of carbonyl (C=O) groups is 2. The van der Waals surface area contributed by atoms with Gasteiger partial charge in [0.25, 0.3) is 5.91 Å². The van der Waals surface area contributed by atoms with Gasteiger partial charge < -0.3 is 23.9 Å². The van der Waals surface area contributed by atoms with Crippen LogP contribution >= 0.6 is 0 Å². The molecular weight excluding hydrogens is 362 g/mol. The Kier molecular flexibility index (Phi) is 6.51. The molecule has 1 aliphatic heterocycles. The summed E-state index contributed by atoms with van der Waals surface area (Å²) in [5.41, 5.74) is 1.78. The number of aromatic nitrogens is 1. The zero-order chi connectivity index (χ0) is 20.1. The summed E-state index contributed by atoms with van der Waals surface area (Å²) >= 11 is 0. The standard InChI is InChI=1S/C20H27N3O5/c1-13-18(14(2)28-22-13)12-17-4-5-19(27-17)20(25)21-8-9-23(15(3)24)16-6-10-26-11-7-16/h4-5,16H,6-12H2,1-3H3,(H,21,25). The van der Waals surface area contributed by atoms with E-state index in [9.17, 15) is 9.59 Å². The molecule has 1 fully saturated rings. The van der Waals surface area contributed by atoms with E-state index < -0.39 is 0 Å². The Morgan fingerprint density at radius 3 is 2.64 bits per heavy atom. The van der Waals surface area contributed by atoms with Crippen molar-refractivity contribution >= 4 is 11.8 Å². The highest BCUT2D eigenvalue weighted by molar-refractivity contribution is 5.91. The van der Waals surface area contributed by atoms with Crippen LogP contribution in [0.2, 0.25) is 0 Å².